The molecule has 0 bridgehead atoms. The molecule has 0 aromatic heterocycles. The van der Waals surface area contributed by atoms with Crippen LogP contribution in [0, 0.1) is 39.9 Å². The number of fused-ring (bicyclic) bond motifs is 5. The predicted molar refractivity (Wildman–Crippen MR) is 123 cm³/mol. The lowest BCUT2D eigenvalue weighted by atomic mass is 9.47. The maximum Gasteiger partial charge on any atom is 0.251 e. The minimum absolute atomic E-state index is 0.0217. The number of benzene rings is 1. The summed E-state index contributed by atoms with van der Waals surface area (Å²) in [5.41, 5.74) is 1.58. The van der Waals surface area contributed by atoms with Gasteiger partial charge in [-0.05, 0) is 97.8 Å². The van der Waals surface area contributed by atoms with Crippen molar-refractivity contribution in [1.82, 2.24) is 10.2 Å². The monoisotopic (exact) mass is 433 g/mol. The summed E-state index contributed by atoms with van der Waals surface area (Å²) < 4.78 is 0. The van der Waals surface area contributed by atoms with Gasteiger partial charge in [0.2, 0.25) is 5.91 Å². The molecule has 4 fully saturated rings. The highest BCUT2D eigenvalue weighted by Gasteiger charge is 2.61. The first-order chi connectivity index (χ1) is 15.3. The maximum atomic E-state index is 13.0. The van der Waals surface area contributed by atoms with Crippen molar-refractivity contribution in [1.29, 1.82) is 5.26 Å². The third-order valence-corrected chi connectivity index (χ3v) is 10.1. The minimum Gasteiger partial charge on any atom is -0.349 e. The summed E-state index contributed by atoms with van der Waals surface area (Å²) in [5, 5.41) is 12.4. The molecule has 0 spiro atoms. The van der Waals surface area contributed by atoms with Crippen LogP contribution < -0.4 is 5.32 Å². The Balaban J connectivity index is 1.33. The average molecular weight is 434 g/mol. The second kappa shape index (κ2) is 7.61. The molecule has 0 radical (unpaired) electrons. The Morgan fingerprint density at radius 2 is 1.75 bits per heavy atom. The lowest BCUT2D eigenvalue weighted by Crippen LogP contribution is -2.62. The first kappa shape index (κ1) is 21.5. The van der Waals surface area contributed by atoms with Gasteiger partial charge in [0.15, 0.2) is 0 Å². The lowest BCUT2D eigenvalue weighted by molar-refractivity contribution is -0.157. The highest BCUT2D eigenvalue weighted by atomic mass is 16.2. The maximum absolute atomic E-state index is 13.0. The normalized spacial score (nSPS) is 40.6. The largest absolute Gasteiger partial charge is 0.349 e. The Labute approximate surface area is 191 Å². The van der Waals surface area contributed by atoms with Crippen molar-refractivity contribution in [2.45, 2.75) is 77.3 Å². The molecule has 1 aliphatic heterocycles. The van der Waals surface area contributed by atoms with Crippen LogP contribution in [0.15, 0.2) is 24.3 Å². The molecule has 5 heteroatoms. The number of hydrogen-bond donors (Lipinski definition) is 1. The molecule has 1 N–H and O–H groups in total. The third kappa shape index (κ3) is 3.10. The summed E-state index contributed by atoms with van der Waals surface area (Å²) in [5.74, 6) is 2.33. The van der Waals surface area contributed by atoms with Crippen LogP contribution in [0.4, 0.5) is 0 Å². The SMILES string of the molecule is CN1C(=O)CC[C@@]2(C)C1CC[C@@H]1[C@H]2CC[C@]2(C)C(NC(=O)c3ccc(C#N)cc3)CC[C@@H]12. The molecule has 170 valence electrons. The Morgan fingerprint density at radius 1 is 1.03 bits per heavy atom. The molecule has 4 aliphatic rings. The van der Waals surface area contributed by atoms with E-state index >= 15 is 0 Å². The van der Waals surface area contributed by atoms with E-state index in [1.165, 1.54) is 19.3 Å². The van der Waals surface area contributed by atoms with Crippen molar-refractivity contribution in [3.05, 3.63) is 35.4 Å². The molecule has 3 aliphatic carbocycles. The number of nitriles is 1. The van der Waals surface area contributed by atoms with Crippen LogP contribution >= 0.6 is 0 Å². The fourth-order valence-electron chi connectivity index (χ4n) is 8.33. The summed E-state index contributed by atoms with van der Waals surface area (Å²) in [6.07, 6.45) is 8.64. The van der Waals surface area contributed by atoms with E-state index in [9.17, 15) is 9.59 Å². The Hall–Kier alpha value is -2.35. The molecule has 1 heterocycles. The van der Waals surface area contributed by atoms with Crippen molar-refractivity contribution < 1.29 is 9.59 Å². The van der Waals surface area contributed by atoms with E-state index in [0.717, 1.165) is 25.7 Å². The van der Waals surface area contributed by atoms with Crippen molar-refractivity contribution in [3.63, 3.8) is 0 Å². The summed E-state index contributed by atoms with van der Waals surface area (Å²) >= 11 is 0. The molecule has 3 saturated carbocycles. The van der Waals surface area contributed by atoms with Gasteiger partial charge in [-0.3, -0.25) is 9.59 Å². The average Bonchev–Trinajstić information content (AvgIpc) is 3.13. The molecule has 7 atom stereocenters. The minimum atomic E-state index is -0.0217. The standard InChI is InChI=1S/C27H35N3O2/c1-26-14-12-21-19(8-11-23-27(21,2)15-13-24(31)30(23)3)20(26)9-10-22(26)29-25(32)18-6-4-17(16-28)5-7-18/h4-7,19-23H,8-15H2,1-3H3,(H,29,32)/t19-,20-,21+,22?,23?,26-,27+/m0/s1. The molecular weight excluding hydrogens is 398 g/mol. The highest BCUT2D eigenvalue weighted by Crippen LogP contribution is 2.64. The molecule has 1 aromatic rings. The van der Waals surface area contributed by atoms with E-state index in [1.807, 2.05) is 7.05 Å². The number of rotatable bonds is 2. The molecule has 2 unspecified atom stereocenters. The van der Waals surface area contributed by atoms with E-state index in [1.54, 1.807) is 24.3 Å². The zero-order chi connectivity index (χ0) is 22.7. The Kier molecular flexibility index (Phi) is 5.11. The van der Waals surface area contributed by atoms with Crippen LogP contribution in [0.3, 0.4) is 0 Å². The van der Waals surface area contributed by atoms with E-state index in [-0.39, 0.29) is 22.8 Å². The number of carbonyl (C=O) groups excluding carboxylic acids is 2. The molecule has 1 saturated heterocycles. The second-order valence-corrected chi connectivity index (χ2v) is 11.3. The van der Waals surface area contributed by atoms with Crippen LogP contribution in [-0.2, 0) is 4.79 Å². The van der Waals surface area contributed by atoms with Gasteiger partial charge < -0.3 is 10.2 Å². The van der Waals surface area contributed by atoms with Crippen molar-refractivity contribution in [2.75, 3.05) is 7.05 Å². The Morgan fingerprint density at radius 3 is 2.47 bits per heavy atom. The van der Waals surface area contributed by atoms with Gasteiger partial charge in [0, 0.05) is 31.1 Å². The van der Waals surface area contributed by atoms with E-state index < -0.39 is 0 Å². The number of hydrogen-bond acceptors (Lipinski definition) is 3. The molecule has 5 rings (SSSR count). The van der Waals surface area contributed by atoms with Gasteiger partial charge in [-0.25, -0.2) is 0 Å². The van der Waals surface area contributed by atoms with Crippen LogP contribution in [0.1, 0.15) is 81.1 Å². The van der Waals surface area contributed by atoms with Gasteiger partial charge in [0.1, 0.15) is 0 Å². The first-order valence-corrected chi connectivity index (χ1v) is 12.3. The summed E-state index contributed by atoms with van der Waals surface area (Å²) in [6, 6.07) is 9.64. The number of likely N-dealkylation sites (tertiary alicyclic amines) is 1. The second-order valence-electron chi connectivity index (χ2n) is 11.3. The molecule has 5 nitrogen and oxygen atoms in total. The number of nitrogens with zero attached hydrogens (tertiary/aromatic N) is 2. The third-order valence-electron chi connectivity index (χ3n) is 10.1. The summed E-state index contributed by atoms with van der Waals surface area (Å²) in [7, 11) is 2.02. The van der Waals surface area contributed by atoms with E-state index in [4.69, 9.17) is 5.26 Å². The predicted octanol–water partition coefficient (Wildman–Crippen LogP) is 4.52. The van der Waals surface area contributed by atoms with E-state index in [2.05, 4.69) is 30.1 Å². The Bertz CT molecular complexity index is 966. The van der Waals surface area contributed by atoms with Crippen LogP contribution in [-0.4, -0.2) is 35.8 Å². The van der Waals surface area contributed by atoms with Gasteiger partial charge in [-0.2, -0.15) is 5.26 Å². The summed E-state index contributed by atoms with van der Waals surface area (Å²) in [4.78, 5) is 27.4. The van der Waals surface area contributed by atoms with Gasteiger partial charge in [-0.15, -0.1) is 0 Å². The van der Waals surface area contributed by atoms with Gasteiger partial charge in [0.25, 0.3) is 5.91 Å². The van der Waals surface area contributed by atoms with Crippen LogP contribution in [0.2, 0.25) is 0 Å². The van der Waals surface area contributed by atoms with Crippen molar-refractivity contribution >= 4 is 11.8 Å². The molecule has 1 aromatic carbocycles. The van der Waals surface area contributed by atoms with Gasteiger partial charge in [-0.1, -0.05) is 13.8 Å². The fraction of sp³-hybridized carbons (Fsp3) is 0.667. The van der Waals surface area contributed by atoms with Crippen LogP contribution in [0.5, 0.6) is 0 Å². The number of piperidine rings is 1. The number of amides is 2. The number of carbonyl (C=O) groups is 2. The molecular formula is C27H35N3O2. The zero-order valence-corrected chi connectivity index (χ0v) is 19.6. The van der Waals surface area contributed by atoms with Crippen molar-refractivity contribution in [2.24, 2.45) is 28.6 Å². The number of nitrogens with one attached hydrogen (secondary N) is 1. The van der Waals surface area contributed by atoms with Crippen LogP contribution in [0.25, 0.3) is 0 Å². The topological polar surface area (TPSA) is 73.2 Å². The smallest absolute Gasteiger partial charge is 0.251 e. The highest BCUT2D eigenvalue weighted by molar-refractivity contribution is 5.94. The summed E-state index contributed by atoms with van der Waals surface area (Å²) in [6.45, 7) is 4.87. The zero-order valence-electron chi connectivity index (χ0n) is 19.6. The fourth-order valence-corrected chi connectivity index (χ4v) is 8.33. The van der Waals surface area contributed by atoms with Gasteiger partial charge >= 0.3 is 0 Å². The lowest BCUT2D eigenvalue weighted by Gasteiger charge is -2.61. The van der Waals surface area contributed by atoms with Crippen molar-refractivity contribution in [3.8, 4) is 6.07 Å². The van der Waals surface area contributed by atoms with Gasteiger partial charge in [0.05, 0.1) is 11.6 Å². The quantitative estimate of drug-likeness (QED) is 0.745. The molecule has 32 heavy (non-hydrogen) atoms. The first-order valence-electron chi connectivity index (χ1n) is 12.3. The molecule has 2 amide bonds. The van der Waals surface area contributed by atoms with E-state index in [0.29, 0.717) is 47.3 Å².